The lowest BCUT2D eigenvalue weighted by Crippen LogP contribution is -2.47. The summed E-state index contributed by atoms with van der Waals surface area (Å²) >= 11 is 0. The van der Waals surface area contributed by atoms with Gasteiger partial charge in [0.05, 0.1) is 0 Å². The Balaban J connectivity index is 1.55. The molecule has 1 nitrogen and oxygen atoms in total. The zero-order valence-corrected chi connectivity index (χ0v) is 13.6. The molecule has 0 saturated heterocycles. The molecule has 1 atom stereocenters. The van der Waals surface area contributed by atoms with Crippen LogP contribution < -0.4 is 5.73 Å². The van der Waals surface area contributed by atoms with Crippen LogP contribution in [0.3, 0.4) is 0 Å². The van der Waals surface area contributed by atoms with E-state index in [0.717, 1.165) is 17.8 Å². The number of hydrogen-bond acceptors (Lipinski definition) is 1. The standard InChI is InChI=1S/C20H29N/c1-13-3-4-18(14(2)5-13)19(21)12-20-9-15-6-16(10-20)8-17(7-15)11-20/h3-5,15-17,19H,6-12,21H2,1-2H3. The summed E-state index contributed by atoms with van der Waals surface area (Å²) in [5.41, 5.74) is 11.4. The van der Waals surface area contributed by atoms with E-state index in [2.05, 4.69) is 32.0 Å². The molecular formula is C20H29N. The second kappa shape index (κ2) is 4.84. The summed E-state index contributed by atoms with van der Waals surface area (Å²) in [4.78, 5) is 0. The SMILES string of the molecule is Cc1ccc(C(N)CC23CC4CC(CC(C4)C2)C3)c(C)c1. The molecule has 4 aliphatic carbocycles. The zero-order chi connectivity index (χ0) is 14.6. The molecule has 0 amide bonds. The number of hydrogen-bond donors (Lipinski definition) is 1. The fraction of sp³-hybridized carbons (Fsp3) is 0.700. The molecule has 0 spiro atoms. The normalized spacial score (nSPS) is 38.7. The Bertz CT molecular complexity index is 509. The van der Waals surface area contributed by atoms with Crippen molar-refractivity contribution in [1.82, 2.24) is 0 Å². The first-order chi connectivity index (χ1) is 10.0. The van der Waals surface area contributed by atoms with Crippen molar-refractivity contribution in [3.05, 3.63) is 34.9 Å². The fourth-order valence-electron chi connectivity index (χ4n) is 6.36. The second-order valence-electron chi connectivity index (χ2n) is 8.59. The molecule has 0 aliphatic heterocycles. The molecule has 4 saturated carbocycles. The molecule has 1 unspecified atom stereocenters. The number of benzene rings is 1. The van der Waals surface area contributed by atoms with E-state index >= 15 is 0 Å². The van der Waals surface area contributed by atoms with Crippen LogP contribution in [-0.2, 0) is 0 Å². The molecule has 1 aromatic rings. The lowest BCUT2D eigenvalue weighted by Gasteiger charge is -2.57. The summed E-state index contributed by atoms with van der Waals surface area (Å²) in [7, 11) is 0. The van der Waals surface area contributed by atoms with Gasteiger partial charge in [-0.25, -0.2) is 0 Å². The summed E-state index contributed by atoms with van der Waals surface area (Å²) in [6, 6.07) is 7.02. The average Bonchev–Trinajstić information content (AvgIpc) is 2.35. The van der Waals surface area contributed by atoms with Crippen molar-refractivity contribution < 1.29 is 0 Å². The summed E-state index contributed by atoms with van der Waals surface area (Å²) in [6.07, 6.45) is 10.2. The van der Waals surface area contributed by atoms with E-state index in [1.807, 2.05) is 0 Å². The molecule has 1 heteroatoms. The summed E-state index contributed by atoms with van der Waals surface area (Å²) in [5, 5.41) is 0. The molecule has 4 fully saturated rings. The molecule has 4 bridgehead atoms. The van der Waals surface area contributed by atoms with Gasteiger partial charge in [-0.1, -0.05) is 23.8 Å². The minimum absolute atomic E-state index is 0.238. The number of aryl methyl sites for hydroxylation is 2. The molecule has 5 rings (SSSR count). The van der Waals surface area contributed by atoms with Gasteiger partial charge >= 0.3 is 0 Å². The van der Waals surface area contributed by atoms with Crippen molar-refractivity contribution in [2.24, 2.45) is 28.9 Å². The van der Waals surface area contributed by atoms with Crippen molar-refractivity contribution in [3.63, 3.8) is 0 Å². The Hall–Kier alpha value is -0.820. The Labute approximate surface area is 129 Å². The highest BCUT2D eigenvalue weighted by Crippen LogP contribution is 2.62. The maximum Gasteiger partial charge on any atom is 0.0302 e. The van der Waals surface area contributed by atoms with Crippen LogP contribution in [0.5, 0.6) is 0 Å². The Morgan fingerprint density at radius 3 is 2.14 bits per heavy atom. The topological polar surface area (TPSA) is 26.0 Å². The Morgan fingerprint density at radius 2 is 1.62 bits per heavy atom. The van der Waals surface area contributed by atoms with Gasteiger partial charge in [-0.15, -0.1) is 0 Å². The number of rotatable bonds is 3. The first kappa shape index (κ1) is 13.8. The zero-order valence-electron chi connectivity index (χ0n) is 13.6. The molecule has 21 heavy (non-hydrogen) atoms. The van der Waals surface area contributed by atoms with Crippen LogP contribution in [0.25, 0.3) is 0 Å². The van der Waals surface area contributed by atoms with Crippen LogP contribution in [0.15, 0.2) is 18.2 Å². The van der Waals surface area contributed by atoms with E-state index < -0.39 is 0 Å². The third-order valence-corrected chi connectivity index (χ3v) is 6.64. The first-order valence-electron chi connectivity index (χ1n) is 8.86. The highest BCUT2D eigenvalue weighted by atomic mass is 14.7. The quantitative estimate of drug-likeness (QED) is 0.838. The molecule has 1 aromatic carbocycles. The van der Waals surface area contributed by atoms with Gasteiger partial charge < -0.3 is 5.73 Å². The van der Waals surface area contributed by atoms with E-state index in [1.165, 1.54) is 61.6 Å². The molecule has 0 aromatic heterocycles. The average molecular weight is 283 g/mol. The maximum atomic E-state index is 6.67. The van der Waals surface area contributed by atoms with Gasteiger partial charge in [-0.2, -0.15) is 0 Å². The van der Waals surface area contributed by atoms with Crippen LogP contribution >= 0.6 is 0 Å². The van der Waals surface area contributed by atoms with Gasteiger partial charge in [0.2, 0.25) is 0 Å². The van der Waals surface area contributed by atoms with Crippen molar-refractivity contribution in [2.75, 3.05) is 0 Å². The Morgan fingerprint density at radius 1 is 1.05 bits per heavy atom. The van der Waals surface area contributed by atoms with E-state index in [-0.39, 0.29) is 6.04 Å². The Kier molecular flexibility index (Phi) is 3.19. The lowest BCUT2D eigenvalue weighted by atomic mass is 9.48. The van der Waals surface area contributed by atoms with Gasteiger partial charge in [0.25, 0.3) is 0 Å². The number of nitrogens with two attached hydrogens (primary N) is 1. The molecule has 0 radical (unpaired) electrons. The molecule has 4 aliphatic rings. The molecule has 0 heterocycles. The minimum atomic E-state index is 0.238. The van der Waals surface area contributed by atoms with Gasteiger partial charge in [-0.05, 0) is 93.1 Å². The van der Waals surface area contributed by atoms with Gasteiger partial charge in [-0.3, -0.25) is 0 Å². The fourth-order valence-corrected chi connectivity index (χ4v) is 6.36. The molecular weight excluding hydrogens is 254 g/mol. The van der Waals surface area contributed by atoms with E-state index in [9.17, 15) is 0 Å². The van der Waals surface area contributed by atoms with E-state index in [1.54, 1.807) is 0 Å². The van der Waals surface area contributed by atoms with E-state index in [0.29, 0.717) is 5.41 Å². The lowest BCUT2D eigenvalue weighted by molar-refractivity contribution is -0.0605. The van der Waals surface area contributed by atoms with Crippen molar-refractivity contribution in [2.45, 2.75) is 64.8 Å². The second-order valence-corrected chi connectivity index (χ2v) is 8.59. The van der Waals surface area contributed by atoms with Gasteiger partial charge in [0.1, 0.15) is 0 Å². The summed E-state index contributed by atoms with van der Waals surface area (Å²) in [5.74, 6) is 3.09. The monoisotopic (exact) mass is 283 g/mol. The third kappa shape index (κ3) is 2.44. The van der Waals surface area contributed by atoms with Crippen LogP contribution in [0.1, 0.15) is 67.7 Å². The van der Waals surface area contributed by atoms with Crippen molar-refractivity contribution in [3.8, 4) is 0 Å². The predicted octanol–water partition coefficient (Wildman–Crippen LogP) is 4.91. The van der Waals surface area contributed by atoms with Crippen molar-refractivity contribution in [1.29, 1.82) is 0 Å². The summed E-state index contributed by atoms with van der Waals surface area (Å²) < 4.78 is 0. The predicted molar refractivity (Wildman–Crippen MR) is 88.1 cm³/mol. The third-order valence-electron chi connectivity index (χ3n) is 6.64. The molecule has 114 valence electrons. The van der Waals surface area contributed by atoms with Gasteiger partial charge in [0, 0.05) is 6.04 Å². The molecule has 2 N–H and O–H groups in total. The van der Waals surface area contributed by atoms with Crippen LogP contribution in [0.2, 0.25) is 0 Å². The maximum absolute atomic E-state index is 6.67. The highest BCUT2D eigenvalue weighted by molar-refractivity contribution is 5.32. The first-order valence-corrected chi connectivity index (χ1v) is 8.86. The largest absolute Gasteiger partial charge is 0.324 e. The summed E-state index contributed by atoms with van der Waals surface area (Å²) in [6.45, 7) is 4.39. The van der Waals surface area contributed by atoms with Crippen molar-refractivity contribution >= 4 is 0 Å². The smallest absolute Gasteiger partial charge is 0.0302 e. The van der Waals surface area contributed by atoms with Crippen LogP contribution in [0.4, 0.5) is 0 Å². The van der Waals surface area contributed by atoms with E-state index in [4.69, 9.17) is 5.73 Å². The van der Waals surface area contributed by atoms with Crippen LogP contribution in [-0.4, -0.2) is 0 Å². The van der Waals surface area contributed by atoms with Gasteiger partial charge in [0.15, 0.2) is 0 Å². The van der Waals surface area contributed by atoms with Crippen LogP contribution in [0, 0.1) is 37.0 Å². The minimum Gasteiger partial charge on any atom is -0.324 e. The highest BCUT2D eigenvalue weighted by Gasteiger charge is 2.51.